The van der Waals surface area contributed by atoms with Crippen LogP contribution in [0, 0.1) is 0 Å². The molecule has 1 fully saturated rings. The monoisotopic (exact) mass is 269 g/mol. The lowest BCUT2D eigenvalue weighted by molar-refractivity contribution is 0.0808. The Morgan fingerprint density at radius 3 is 2.94 bits per heavy atom. The van der Waals surface area contributed by atoms with Crippen LogP contribution in [0.5, 0.6) is 0 Å². The van der Waals surface area contributed by atoms with Gasteiger partial charge in [0.05, 0.1) is 24.2 Å². The molecule has 2 unspecified atom stereocenters. The zero-order valence-electron chi connectivity index (χ0n) is 10.7. The number of piperidine rings is 1. The molecule has 1 saturated heterocycles. The van der Waals surface area contributed by atoms with Crippen LogP contribution in [0.3, 0.4) is 0 Å². The molecule has 0 bridgehead atoms. The Kier molecular flexibility index (Phi) is 4.92. The van der Waals surface area contributed by atoms with E-state index in [0.29, 0.717) is 11.2 Å². The molecule has 4 nitrogen and oxygen atoms in total. The predicted octanol–water partition coefficient (Wildman–Crippen LogP) is 2.26. The normalized spacial score (nSPS) is 22.9. The van der Waals surface area contributed by atoms with Crippen LogP contribution in [0.15, 0.2) is 12.4 Å². The van der Waals surface area contributed by atoms with Crippen LogP contribution in [0.2, 0.25) is 5.15 Å². The van der Waals surface area contributed by atoms with Crippen molar-refractivity contribution in [1.82, 2.24) is 14.9 Å². The summed E-state index contributed by atoms with van der Waals surface area (Å²) < 4.78 is 0. The first-order valence-electron chi connectivity index (χ1n) is 6.53. The second-order valence-electron chi connectivity index (χ2n) is 5.04. The Bertz CT molecular complexity index is 369. The molecule has 0 radical (unpaired) electrons. The summed E-state index contributed by atoms with van der Waals surface area (Å²) in [6, 6.07) is 0.455. The summed E-state index contributed by atoms with van der Waals surface area (Å²) in [4.78, 5) is 10.7. The lowest BCUT2D eigenvalue weighted by Crippen LogP contribution is -2.40. The van der Waals surface area contributed by atoms with Crippen LogP contribution in [0.25, 0.3) is 0 Å². The van der Waals surface area contributed by atoms with Gasteiger partial charge in [-0.05, 0) is 32.7 Å². The minimum absolute atomic E-state index is 0.244. The van der Waals surface area contributed by atoms with Crippen molar-refractivity contribution in [3.8, 4) is 0 Å². The third kappa shape index (κ3) is 3.90. The number of nitrogens with zero attached hydrogens (tertiary/aromatic N) is 3. The van der Waals surface area contributed by atoms with Gasteiger partial charge in [-0.15, -0.1) is 0 Å². The molecule has 0 aromatic carbocycles. The molecule has 2 rings (SSSR count). The molecule has 1 aromatic rings. The quantitative estimate of drug-likeness (QED) is 0.911. The van der Waals surface area contributed by atoms with Crippen molar-refractivity contribution < 1.29 is 5.11 Å². The van der Waals surface area contributed by atoms with E-state index < -0.39 is 0 Å². The molecule has 2 atom stereocenters. The fraction of sp³-hybridized carbons (Fsp3) is 0.692. The van der Waals surface area contributed by atoms with Gasteiger partial charge in [0.2, 0.25) is 0 Å². The smallest absolute Gasteiger partial charge is 0.147 e. The summed E-state index contributed by atoms with van der Waals surface area (Å²) in [5.74, 6) is 0. The SMILES string of the molecule is CC(O)CC1CCCCN1Cc1cnc(Cl)cn1. The van der Waals surface area contributed by atoms with Gasteiger partial charge in [0.15, 0.2) is 0 Å². The van der Waals surface area contributed by atoms with E-state index in [1.165, 1.54) is 12.8 Å². The highest BCUT2D eigenvalue weighted by molar-refractivity contribution is 6.29. The summed E-state index contributed by atoms with van der Waals surface area (Å²) in [7, 11) is 0. The molecule has 1 aliphatic heterocycles. The van der Waals surface area contributed by atoms with Gasteiger partial charge in [-0.1, -0.05) is 18.0 Å². The van der Waals surface area contributed by atoms with E-state index in [9.17, 15) is 5.11 Å². The number of hydrogen-bond donors (Lipinski definition) is 1. The first-order valence-corrected chi connectivity index (χ1v) is 6.91. The third-order valence-corrected chi connectivity index (χ3v) is 3.60. The van der Waals surface area contributed by atoms with Crippen molar-refractivity contribution in [3.63, 3.8) is 0 Å². The van der Waals surface area contributed by atoms with Gasteiger partial charge in [-0.2, -0.15) is 0 Å². The molecule has 0 saturated carbocycles. The van der Waals surface area contributed by atoms with Crippen LogP contribution < -0.4 is 0 Å². The van der Waals surface area contributed by atoms with E-state index in [-0.39, 0.29) is 6.10 Å². The van der Waals surface area contributed by atoms with Crippen molar-refractivity contribution in [3.05, 3.63) is 23.2 Å². The Hall–Kier alpha value is -0.710. The highest BCUT2D eigenvalue weighted by Crippen LogP contribution is 2.22. The van der Waals surface area contributed by atoms with Gasteiger partial charge in [0.1, 0.15) is 5.15 Å². The number of rotatable bonds is 4. The van der Waals surface area contributed by atoms with E-state index in [1.807, 2.05) is 6.92 Å². The maximum atomic E-state index is 9.55. The zero-order valence-corrected chi connectivity index (χ0v) is 11.5. The van der Waals surface area contributed by atoms with Crippen LogP contribution in [-0.2, 0) is 6.54 Å². The second kappa shape index (κ2) is 6.45. The summed E-state index contributed by atoms with van der Waals surface area (Å²) >= 11 is 5.73. The van der Waals surface area contributed by atoms with Crippen molar-refractivity contribution >= 4 is 11.6 Å². The Labute approximate surface area is 113 Å². The Morgan fingerprint density at radius 1 is 1.44 bits per heavy atom. The average molecular weight is 270 g/mol. The maximum Gasteiger partial charge on any atom is 0.147 e. The molecular weight excluding hydrogens is 250 g/mol. The fourth-order valence-corrected chi connectivity index (χ4v) is 2.66. The first kappa shape index (κ1) is 13.7. The number of aromatic nitrogens is 2. The number of hydrogen-bond acceptors (Lipinski definition) is 4. The molecule has 0 aliphatic carbocycles. The van der Waals surface area contributed by atoms with Gasteiger partial charge in [0, 0.05) is 12.6 Å². The molecule has 2 heterocycles. The van der Waals surface area contributed by atoms with E-state index in [1.54, 1.807) is 12.4 Å². The van der Waals surface area contributed by atoms with Crippen molar-refractivity contribution in [1.29, 1.82) is 0 Å². The topological polar surface area (TPSA) is 49.2 Å². The molecule has 5 heteroatoms. The van der Waals surface area contributed by atoms with Gasteiger partial charge < -0.3 is 5.11 Å². The minimum Gasteiger partial charge on any atom is -0.393 e. The fourth-order valence-electron chi connectivity index (χ4n) is 2.56. The molecule has 18 heavy (non-hydrogen) atoms. The predicted molar refractivity (Wildman–Crippen MR) is 71.4 cm³/mol. The van der Waals surface area contributed by atoms with E-state index in [2.05, 4.69) is 14.9 Å². The summed E-state index contributed by atoms with van der Waals surface area (Å²) in [6.45, 7) is 3.72. The lowest BCUT2D eigenvalue weighted by atomic mass is 9.97. The lowest BCUT2D eigenvalue weighted by Gasteiger charge is -2.36. The largest absolute Gasteiger partial charge is 0.393 e. The minimum atomic E-state index is -0.244. The highest BCUT2D eigenvalue weighted by atomic mass is 35.5. The van der Waals surface area contributed by atoms with E-state index in [0.717, 1.165) is 31.6 Å². The Morgan fingerprint density at radius 2 is 2.28 bits per heavy atom. The number of aliphatic hydroxyl groups is 1. The van der Waals surface area contributed by atoms with Gasteiger partial charge in [-0.3, -0.25) is 9.88 Å². The van der Waals surface area contributed by atoms with Crippen molar-refractivity contribution in [2.75, 3.05) is 6.54 Å². The number of aliphatic hydroxyl groups excluding tert-OH is 1. The molecule has 100 valence electrons. The summed E-state index contributed by atoms with van der Waals surface area (Å²) in [5, 5.41) is 9.98. The third-order valence-electron chi connectivity index (χ3n) is 3.40. The highest BCUT2D eigenvalue weighted by Gasteiger charge is 2.23. The van der Waals surface area contributed by atoms with E-state index in [4.69, 9.17) is 11.6 Å². The molecule has 1 N–H and O–H groups in total. The van der Waals surface area contributed by atoms with Crippen LogP contribution in [0.4, 0.5) is 0 Å². The summed E-state index contributed by atoms with van der Waals surface area (Å²) in [5.41, 5.74) is 0.942. The van der Waals surface area contributed by atoms with Gasteiger partial charge >= 0.3 is 0 Å². The maximum absolute atomic E-state index is 9.55. The Balaban J connectivity index is 1.98. The van der Waals surface area contributed by atoms with Gasteiger partial charge in [0.25, 0.3) is 0 Å². The van der Waals surface area contributed by atoms with Crippen LogP contribution in [0.1, 0.15) is 38.3 Å². The number of halogens is 1. The standard InChI is InChI=1S/C13H20ClN3O/c1-10(18)6-12-4-2-3-5-17(12)9-11-7-16-13(14)8-15-11/h7-8,10,12,18H,2-6,9H2,1H3. The first-order chi connectivity index (χ1) is 8.65. The molecule has 0 amide bonds. The van der Waals surface area contributed by atoms with E-state index >= 15 is 0 Å². The van der Waals surface area contributed by atoms with Crippen LogP contribution in [-0.4, -0.2) is 38.7 Å². The molecule has 1 aromatic heterocycles. The van der Waals surface area contributed by atoms with Crippen molar-refractivity contribution in [2.24, 2.45) is 0 Å². The average Bonchev–Trinajstić information content (AvgIpc) is 2.34. The molecular formula is C13H20ClN3O. The summed E-state index contributed by atoms with van der Waals surface area (Å²) in [6.07, 6.45) is 7.54. The van der Waals surface area contributed by atoms with Crippen molar-refractivity contribution in [2.45, 2.75) is 51.3 Å². The molecule has 1 aliphatic rings. The van der Waals surface area contributed by atoms with Crippen LogP contribution >= 0.6 is 11.6 Å². The second-order valence-corrected chi connectivity index (χ2v) is 5.42. The molecule has 0 spiro atoms. The number of likely N-dealkylation sites (tertiary alicyclic amines) is 1. The van der Waals surface area contributed by atoms with Gasteiger partial charge in [-0.25, -0.2) is 4.98 Å². The zero-order chi connectivity index (χ0) is 13.0.